The Morgan fingerprint density at radius 1 is 1.05 bits per heavy atom. The van der Waals surface area contributed by atoms with Crippen LogP contribution in [0.5, 0.6) is 0 Å². The van der Waals surface area contributed by atoms with Gasteiger partial charge in [0.1, 0.15) is 0 Å². The summed E-state index contributed by atoms with van der Waals surface area (Å²) < 4.78 is 0. The van der Waals surface area contributed by atoms with E-state index in [2.05, 4.69) is 35.9 Å². The zero-order chi connectivity index (χ0) is 14.4. The zero-order valence-electron chi connectivity index (χ0n) is 14.0. The second-order valence-corrected chi connectivity index (χ2v) is 7.29. The van der Waals surface area contributed by atoms with Crippen molar-refractivity contribution >= 4 is 0 Å². The van der Waals surface area contributed by atoms with Crippen molar-refractivity contribution in [2.75, 3.05) is 45.8 Å². The Kier molecular flexibility index (Phi) is 6.31. The van der Waals surface area contributed by atoms with E-state index in [9.17, 15) is 0 Å². The van der Waals surface area contributed by atoms with Gasteiger partial charge in [-0.2, -0.15) is 0 Å². The monoisotopic (exact) mass is 281 g/mol. The molecule has 1 N–H and O–H groups in total. The van der Waals surface area contributed by atoms with Crippen LogP contribution in [0, 0.1) is 5.41 Å². The first-order chi connectivity index (χ1) is 9.65. The highest BCUT2D eigenvalue weighted by atomic mass is 15.3. The highest BCUT2D eigenvalue weighted by Gasteiger charge is 2.35. The molecule has 1 heterocycles. The molecule has 3 nitrogen and oxygen atoms in total. The molecular formula is C17H35N3. The van der Waals surface area contributed by atoms with E-state index in [1.807, 2.05) is 0 Å². The van der Waals surface area contributed by atoms with Crippen LogP contribution in [0.1, 0.15) is 52.9 Å². The van der Waals surface area contributed by atoms with Crippen molar-refractivity contribution in [3.8, 4) is 0 Å². The maximum absolute atomic E-state index is 3.70. The van der Waals surface area contributed by atoms with E-state index in [0.29, 0.717) is 11.5 Å². The number of nitrogens with one attached hydrogen (secondary N) is 1. The van der Waals surface area contributed by atoms with Crippen molar-refractivity contribution in [3.05, 3.63) is 0 Å². The zero-order valence-corrected chi connectivity index (χ0v) is 14.0. The van der Waals surface area contributed by atoms with E-state index >= 15 is 0 Å². The van der Waals surface area contributed by atoms with E-state index in [1.165, 1.54) is 77.9 Å². The predicted octanol–water partition coefficient (Wildman–Crippen LogP) is 2.57. The summed E-state index contributed by atoms with van der Waals surface area (Å²) in [6.45, 7) is 15.7. The Bertz CT molecular complexity index is 263. The summed E-state index contributed by atoms with van der Waals surface area (Å²) in [6, 6.07) is 0.712. The molecule has 2 fully saturated rings. The van der Waals surface area contributed by atoms with E-state index in [-0.39, 0.29) is 0 Å². The highest BCUT2D eigenvalue weighted by molar-refractivity contribution is 4.90. The normalized spacial score (nSPS) is 24.6. The van der Waals surface area contributed by atoms with Gasteiger partial charge in [0.25, 0.3) is 0 Å². The van der Waals surface area contributed by atoms with Gasteiger partial charge in [0.2, 0.25) is 0 Å². The number of hydrogen-bond acceptors (Lipinski definition) is 3. The molecular weight excluding hydrogens is 246 g/mol. The molecule has 1 aliphatic carbocycles. The Labute approximate surface area is 126 Å². The molecule has 0 bridgehead atoms. The van der Waals surface area contributed by atoms with Crippen LogP contribution in [-0.4, -0.2) is 61.7 Å². The molecule has 0 unspecified atom stereocenters. The van der Waals surface area contributed by atoms with Crippen LogP contribution in [-0.2, 0) is 0 Å². The van der Waals surface area contributed by atoms with Gasteiger partial charge in [-0.15, -0.1) is 0 Å². The maximum atomic E-state index is 3.70. The van der Waals surface area contributed by atoms with Crippen LogP contribution in [0.4, 0.5) is 0 Å². The molecule has 0 aromatic heterocycles. The number of rotatable bonds is 7. The summed E-state index contributed by atoms with van der Waals surface area (Å²) >= 11 is 0. The fourth-order valence-corrected chi connectivity index (χ4v) is 3.96. The average molecular weight is 281 g/mol. The van der Waals surface area contributed by atoms with Crippen LogP contribution in [0.25, 0.3) is 0 Å². The Morgan fingerprint density at radius 3 is 2.25 bits per heavy atom. The number of piperazine rings is 1. The molecule has 20 heavy (non-hydrogen) atoms. The smallest absolute Gasteiger partial charge is 0.0113 e. The van der Waals surface area contributed by atoms with E-state index in [0.717, 1.165) is 0 Å². The number of hydrogen-bond donors (Lipinski definition) is 1. The summed E-state index contributed by atoms with van der Waals surface area (Å²) in [6.07, 6.45) is 7.02. The quantitative estimate of drug-likeness (QED) is 0.724. The standard InChI is InChI=1S/C17H35N3/c1-4-9-18-14-17(7-5-6-8-17)15-19-10-12-20(13-11-19)16(2)3/h16,18H,4-15H2,1-3H3. The first-order valence-corrected chi connectivity index (χ1v) is 8.82. The van der Waals surface area contributed by atoms with Gasteiger partial charge in [0.15, 0.2) is 0 Å². The Hall–Kier alpha value is -0.120. The van der Waals surface area contributed by atoms with Crippen LogP contribution in [0.3, 0.4) is 0 Å². The molecule has 0 spiro atoms. The fourth-order valence-electron chi connectivity index (χ4n) is 3.96. The Morgan fingerprint density at radius 2 is 1.70 bits per heavy atom. The third-order valence-corrected chi connectivity index (χ3v) is 5.29. The van der Waals surface area contributed by atoms with E-state index in [4.69, 9.17) is 0 Å². The second kappa shape index (κ2) is 7.77. The van der Waals surface area contributed by atoms with E-state index < -0.39 is 0 Å². The lowest BCUT2D eigenvalue weighted by molar-refractivity contribution is 0.0711. The third-order valence-electron chi connectivity index (χ3n) is 5.29. The van der Waals surface area contributed by atoms with Gasteiger partial charge in [-0.1, -0.05) is 19.8 Å². The molecule has 1 saturated carbocycles. The van der Waals surface area contributed by atoms with Crippen LogP contribution >= 0.6 is 0 Å². The summed E-state index contributed by atoms with van der Waals surface area (Å²) in [5.41, 5.74) is 0.579. The molecule has 2 aliphatic rings. The van der Waals surface area contributed by atoms with Crippen molar-refractivity contribution in [2.45, 2.75) is 58.9 Å². The molecule has 2 rings (SSSR count). The van der Waals surface area contributed by atoms with Gasteiger partial charge in [-0.05, 0) is 45.1 Å². The van der Waals surface area contributed by atoms with Crippen molar-refractivity contribution in [1.29, 1.82) is 0 Å². The predicted molar refractivity (Wildman–Crippen MR) is 87.2 cm³/mol. The molecule has 3 heteroatoms. The molecule has 1 saturated heterocycles. The summed E-state index contributed by atoms with van der Waals surface area (Å²) in [7, 11) is 0. The van der Waals surface area contributed by atoms with Gasteiger partial charge in [-0.25, -0.2) is 0 Å². The third kappa shape index (κ3) is 4.44. The summed E-state index contributed by atoms with van der Waals surface area (Å²) in [4.78, 5) is 5.35. The Balaban J connectivity index is 1.80. The first-order valence-electron chi connectivity index (χ1n) is 8.82. The molecule has 0 radical (unpaired) electrons. The topological polar surface area (TPSA) is 18.5 Å². The van der Waals surface area contributed by atoms with Gasteiger partial charge in [-0.3, -0.25) is 4.90 Å². The van der Waals surface area contributed by atoms with Gasteiger partial charge in [0, 0.05) is 45.3 Å². The van der Waals surface area contributed by atoms with Crippen molar-refractivity contribution in [3.63, 3.8) is 0 Å². The minimum absolute atomic E-state index is 0.579. The van der Waals surface area contributed by atoms with Gasteiger partial charge >= 0.3 is 0 Å². The average Bonchev–Trinajstić information content (AvgIpc) is 2.88. The minimum Gasteiger partial charge on any atom is -0.316 e. The number of nitrogens with zero attached hydrogens (tertiary/aromatic N) is 2. The lowest BCUT2D eigenvalue weighted by atomic mass is 9.85. The molecule has 0 atom stereocenters. The molecule has 118 valence electrons. The van der Waals surface area contributed by atoms with Crippen LogP contribution in [0.15, 0.2) is 0 Å². The minimum atomic E-state index is 0.579. The first kappa shape index (κ1) is 16.3. The van der Waals surface area contributed by atoms with Crippen LogP contribution in [0.2, 0.25) is 0 Å². The van der Waals surface area contributed by atoms with Gasteiger partial charge < -0.3 is 10.2 Å². The molecule has 0 amide bonds. The summed E-state index contributed by atoms with van der Waals surface area (Å²) in [5, 5.41) is 3.70. The maximum Gasteiger partial charge on any atom is 0.0113 e. The van der Waals surface area contributed by atoms with Crippen LogP contribution < -0.4 is 5.32 Å². The largest absolute Gasteiger partial charge is 0.316 e. The van der Waals surface area contributed by atoms with Gasteiger partial charge in [0.05, 0.1) is 0 Å². The second-order valence-electron chi connectivity index (χ2n) is 7.29. The highest BCUT2D eigenvalue weighted by Crippen LogP contribution is 2.38. The van der Waals surface area contributed by atoms with Crippen molar-refractivity contribution < 1.29 is 0 Å². The lowest BCUT2D eigenvalue weighted by Crippen LogP contribution is -2.52. The summed E-state index contributed by atoms with van der Waals surface area (Å²) in [5.74, 6) is 0. The fraction of sp³-hybridized carbons (Fsp3) is 1.00. The molecule has 0 aromatic rings. The van der Waals surface area contributed by atoms with Crippen molar-refractivity contribution in [1.82, 2.24) is 15.1 Å². The van der Waals surface area contributed by atoms with Crippen molar-refractivity contribution in [2.24, 2.45) is 5.41 Å². The lowest BCUT2D eigenvalue weighted by Gasteiger charge is -2.41. The molecule has 0 aromatic carbocycles. The van der Waals surface area contributed by atoms with E-state index in [1.54, 1.807) is 0 Å². The SMILES string of the molecule is CCCNCC1(CN2CCN(C(C)C)CC2)CCCC1. The molecule has 1 aliphatic heterocycles.